The Balaban J connectivity index is 1.60. The van der Waals surface area contributed by atoms with Gasteiger partial charge in [0.15, 0.2) is 0 Å². The number of benzene rings is 3. The molecule has 0 saturated heterocycles. The van der Waals surface area contributed by atoms with Crippen LogP contribution in [0, 0.1) is 11.8 Å². The van der Waals surface area contributed by atoms with Crippen LogP contribution in [-0.4, -0.2) is 85.6 Å². The van der Waals surface area contributed by atoms with E-state index in [0.717, 1.165) is 16.7 Å². The van der Waals surface area contributed by atoms with Gasteiger partial charge in [-0.05, 0) is 47.1 Å². The first-order chi connectivity index (χ1) is 25.5. The number of rotatable bonds is 11. The summed E-state index contributed by atoms with van der Waals surface area (Å²) in [5.41, 5.74) is 2.39. The van der Waals surface area contributed by atoms with Gasteiger partial charge in [0, 0.05) is 13.1 Å². The minimum Gasteiger partial charge on any atom is -0.491 e. The Bertz CT molecular complexity index is 1590. The van der Waals surface area contributed by atoms with Crippen LogP contribution >= 0.6 is 0 Å². The minimum atomic E-state index is -1.49. The van der Waals surface area contributed by atoms with Gasteiger partial charge in [-0.15, -0.1) is 0 Å². The van der Waals surface area contributed by atoms with E-state index in [1.54, 1.807) is 13.8 Å². The third-order valence-corrected chi connectivity index (χ3v) is 8.84. The van der Waals surface area contributed by atoms with Crippen LogP contribution in [0.2, 0.25) is 0 Å². The van der Waals surface area contributed by atoms with Gasteiger partial charge in [0.25, 0.3) is 0 Å². The molecule has 2 heterocycles. The fourth-order valence-electron chi connectivity index (χ4n) is 5.81. The Hall–Kier alpha value is -4.98. The van der Waals surface area contributed by atoms with Crippen LogP contribution in [0.25, 0.3) is 0 Å². The summed E-state index contributed by atoms with van der Waals surface area (Å²) in [6.07, 6.45) is -2.11. The molecule has 0 fully saturated rings. The summed E-state index contributed by atoms with van der Waals surface area (Å²) in [5.74, 6) is -1.58. The number of hydrogen-bond acceptors (Lipinski definition) is 9. The van der Waals surface area contributed by atoms with E-state index in [0.29, 0.717) is 19.0 Å². The fraction of sp³-hybridized carbons (Fsp3) is 0.450. The molecule has 0 radical (unpaired) electrons. The Morgan fingerprint density at radius 3 is 2.13 bits per heavy atom. The maximum absolute atomic E-state index is 14.1. The van der Waals surface area contributed by atoms with Gasteiger partial charge in [-0.2, -0.15) is 0 Å². The quantitative estimate of drug-likeness (QED) is 0.162. The zero-order valence-corrected chi connectivity index (χ0v) is 30.9. The molecule has 0 aliphatic carbocycles. The summed E-state index contributed by atoms with van der Waals surface area (Å²) in [5, 5.41) is 26.5. The second-order valence-corrected chi connectivity index (χ2v) is 13.7. The molecule has 2 bridgehead atoms. The lowest BCUT2D eigenvalue weighted by Gasteiger charge is -2.33. The van der Waals surface area contributed by atoms with E-state index in [-0.39, 0.29) is 44.6 Å². The van der Waals surface area contributed by atoms with Crippen molar-refractivity contribution in [2.75, 3.05) is 26.4 Å². The van der Waals surface area contributed by atoms with Crippen molar-refractivity contribution in [1.82, 2.24) is 26.6 Å². The lowest BCUT2D eigenvalue weighted by atomic mass is 9.93. The lowest BCUT2D eigenvalue weighted by molar-refractivity contribution is -0.134. The number of carbonyl (C=O) groups excluding carboxylic acids is 4. The number of hydrogen-bond donors (Lipinski definition) is 6. The van der Waals surface area contributed by atoms with Crippen molar-refractivity contribution < 1.29 is 38.5 Å². The van der Waals surface area contributed by atoms with E-state index in [2.05, 4.69) is 26.6 Å². The van der Waals surface area contributed by atoms with E-state index in [4.69, 9.17) is 14.2 Å². The zero-order chi connectivity index (χ0) is 38.2. The van der Waals surface area contributed by atoms with Gasteiger partial charge < -0.3 is 40.6 Å². The van der Waals surface area contributed by atoms with Gasteiger partial charge in [0.1, 0.15) is 37.1 Å². The van der Waals surface area contributed by atoms with E-state index in [1.165, 1.54) is 0 Å². The van der Waals surface area contributed by atoms with Crippen LogP contribution in [-0.2, 0) is 43.4 Å². The molecule has 3 aromatic rings. The SMILES string of the molecule is CC(C)[C@H](NC(=O)OCc1ccccc1)C(=O)N[C@@H](Cc1ccccc1)[C@@H](O)[C@H]1NCc2ccc(cc2)OCCOCCNC(=O)[C@H](C(C)C)NC1=O. The number of amides is 4. The molecule has 0 unspecified atom stereocenters. The maximum Gasteiger partial charge on any atom is 0.408 e. The first kappa shape index (κ1) is 40.8. The predicted octanol–water partition coefficient (Wildman–Crippen LogP) is 2.85. The highest BCUT2D eigenvalue weighted by molar-refractivity contribution is 5.90. The molecule has 2 aliphatic heterocycles. The number of nitrogens with one attached hydrogen (secondary N) is 5. The predicted molar refractivity (Wildman–Crippen MR) is 200 cm³/mol. The van der Waals surface area contributed by atoms with Crippen LogP contribution in [0.1, 0.15) is 44.4 Å². The van der Waals surface area contributed by atoms with Crippen molar-refractivity contribution >= 4 is 23.8 Å². The largest absolute Gasteiger partial charge is 0.491 e. The van der Waals surface area contributed by atoms with Crippen LogP contribution in [0.3, 0.4) is 0 Å². The van der Waals surface area contributed by atoms with Crippen molar-refractivity contribution in [3.05, 3.63) is 102 Å². The van der Waals surface area contributed by atoms with Gasteiger partial charge in [-0.3, -0.25) is 19.7 Å². The lowest BCUT2D eigenvalue weighted by Crippen LogP contribution is -2.63. The van der Waals surface area contributed by atoms with Crippen LogP contribution < -0.4 is 31.3 Å². The number of fused-ring (bicyclic) bond motifs is 15. The van der Waals surface area contributed by atoms with E-state index >= 15 is 0 Å². The van der Waals surface area contributed by atoms with Gasteiger partial charge in [0.2, 0.25) is 17.7 Å². The third kappa shape index (κ3) is 13.2. The summed E-state index contributed by atoms with van der Waals surface area (Å²) in [6.45, 7) is 8.55. The van der Waals surface area contributed by atoms with Crippen molar-refractivity contribution in [2.45, 2.75) is 77.5 Å². The first-order valence-electron chi connectivity index (χ1n) is 18.1. The molecule has 5 atom stereocenters. The average molecular weight is 732 g/mol. The van der Waals surface area contributed by atoms with Crippen LogP contribution in [0.15, 0.2) is 84.9 Å². The van der Waals surface area contributed by atoms with Crippen molar-refractivity contribution in [2.24, 2.45) is 11.8 Å². The van der Waals surface area contributed by atoms with Gasteiger partial charge in [-0.1, -0.05) is 100 Å². The molecule has 0 spiro atoms. The Morgan fingerprint density at radius 2 is 1.49 bits per heavy atom. The first-order valence-corrected chi connectivity index (χ1v) is 18.1. The fourth-order valence-corrected chi connectivity index (χ4v) is 5.81. The van der Waals surface area contributed by atoms with E-state index < -0.39 is 54.1 Å². The molecular formula is C40H53N5O8. The third-order valence-electron chi connectivity index (χ3n) is 8.84. The molecular weight excluding hydrogens is 678 g/mol. The van der Waals surface area contributed by atoms with Crippen molar-refractivity contribution in [3.8, 4) is 5.75 Å². The molecule has 3 aromatic carbocycles. The molecule has 5 rings (SSSR count). The molecule has 53 heavy (non-hydrogen) atoms. The molecule has 13 heteroatoms. The second-order valence-electron chi connectivity index (χ2n) is 13.7. The summed E-state index contributed by atoms with van der Waals surface area (Å²) >= 11 is 0. The molecule has 2 aliphatic rings. The Morgan fingerprint density at radius 1 is 0.830 bits per heavy atom. The second kappa shape index (κ2) is 20.9. The molecule has 4 amide bonds. The monoisotopic (exact) mass is 731 g/mol. The smallest absolute Gasteiger partial charge is 0.408 e. The average Bonchev–Trinajstić information content (AvgIpc) is 3.15. The number of carbonyl (C=O) groups is 4. The number of alkyl carbamates (subject to hydrolysis) is 1. The molecule has 0 saturated carbocycles. The molecule has 0 aromatic heterocycles. The Kier molecular flexibility index (Phi) is 16.1. The normalized spacial score (nSPS) is 19.1. The number of ether oxygens (including phenoxy) is 3. The number of aliphatic hydroxyl groups is 1. The van der Waals surface area contributed by atoms with Crippen molar-refractivity contribution in [3.63, 3.8) is 0 Å². The topological polar surface area (TPSA) is 176 Å². The summed E-state index contributed by atoms with van der Waals surface area (Å²) < 4.78 is 16.7. The van der Waals surface area contributed by atoms with E-state index in [1.807, 2.05) is 98.8 Å². The molecule has 13 nitrogen and oxygen atoms in total. The van der Waals surface area contributed by atoms with Gasteiger partial charge in [-0.25, -0.2) is 4.79 Å². The highest BCUT2D eigenvalue weighted by Gasteiger charge is 2.38. The Labute approximate surface area is 311 Å². The molecule has 286 valence electrons. The minimum absolute atomic E-state index is 0.0236. The summed E-state index contributed by atoms with van der Waals surface area (Å²) in [4.78, 5) is 54.1. The highest BCUT2D eigenvalue weighted by atomic mass is 16.5. The van der Waals surface area contributed by atoms with E-state index in [9.17, 15) is 24.3 Å². The van der Waals surface area contributed by atoms with Gasteiger partial charge >= 0.3 is 6.09 Å². The maximum atomic E-state index is 14.1. The zero-order valence-electron chi connectivity index (χ0n) is 30.9. The van der Waals surface area contributed by atoms with Crippen LogP contribution in [0.4, 0.5) is 4.79 Å². The molecule has 6 N–H and O–H groups in total. The van der Waals surface area contributed by atoms with Crippen molar-refractivity contribution in [1.29, 1.82) is 0 Å². The standard InChI is InChI=1S/C40H53N5O8/c1-26(2)33-37(47)41-19-20-51-21-22-52-31-17-15-29(16-18-31)24-42-35(39(49)44-33)36(46)32(23-28-11-7-5-8-12-28)43-38(48)34(27(3)4)45-40(50)53-25-30-13-9-6-10-14-30/h5-18,26-27,32-36,42,46H,19-25H2,1-4H3,(H,41,47)(H,43,48)(H,44,49)(H,45,50)/t32-,33-,34-,35+,36+/m0/s1. The summed E-state index contributed by atoms with van der Waals surface area (Å²) in [7, 11) is 0. The highest BCUT2D eigenvalue weighted by Crippen LogP contribution is 2.16. The van der Waals surface area contributed by atoms with Crippen LogP contribution in [0.5, 0.6) is 5.75 Å². The summed E-state index contributed by atoms with van der Waals surface area (Å²) in [6, 6.07) is 21.5. The van der Waals surface area contributed by atoms with Gasteiger partial charge in [0.05, 0.1) is 25.4 Å². The number of aliphatic hydroxyl groups excluding tert-OH is 1.